The van der Waals surface area contributed by atoms with Gasteiger partial charge in [0.25, 0.3) is 0 Å². The highest BCUT2D eigenvalue weighted by Crippen LogP contribution is 2.25. The summed E-state index contributed by atoms with van der Waals surface area (Å²) in [6.45, 7) is 0.676. The van der Waals surface area contributed by atoms with Crippen molar-refractivity contribution in [3.63, 3.8) is 0 Å². The maximum Gasteiger partial charge on any atom is 0.149 e. The predicted molar refractivity (Wildman–Crippen MR) is 62.8 cm³/mol. The van der Waals surface area contributed by atoms with Gasteiger partial charge in [-0.1, -0.05) is 0 Å². The van der Waals surface area contributed by atoms with Crippen LogP contribution in [0, 0.1) is 17.6 Å². The van der Waals surface area contributed by atoms with Crippen molar-refractivity contribution in [2.45, 2.75) is 31.8 Å². The van der Waals surface area contributed by atoms with Crippen molar-refractivity contribution >= 4 is 5.69 Å². The van der Waals surface area contributed by atoms with Crippen LogP contribution >= 0.6 is 0 Å². The molecule has 0 heterocycles. The van der Waals surface area contributed by atoms with E-state index in [0.29, 0.717) is 18.2 Å². The van der Waals surface area contributed by atoms with Crippen LogP contribution in [-0.2, 0) is 0 Å². The highest BCUT2D eigenvalue weighted by atomic mass is 19.1. The summed E-state index contributed by atoms with van der Waals surface area (Å²) < 4.78 is 26.0. The Labute approximate surface area is 99.7 Å². The van der Waals surface area contributed by atoms with Gasteiger partial charge in [-0.15, -0.1) is 0 Å². The number of anilines is 1. The molecule has 1 aliphatic rings. The van der Waals surface area contributed by atoms with Gasteiger partial charge in [0.1, 0.15) is 11.6 Å². The van der Waals surface area contributed by atoms with E-state index in [2.05, 4.69) is 5.32 Å². The van der Waals surface area contributed by atoms with Gasteiger partial charge in [0.15, 0.2) is 0 Å². The number of halogens is 2. The number of aliphatic hydroxyl groups excluding tert-OH is 1. The first-order valence-corrected chi connectivity index (χ1v) is 6.02. The first kappa shape index (κ1) is 12.3. The molecular formula is C13H17F2NO. The second-order valence-corrected chi connectivity index (χ2v) is 4.68. The molecule has 1 fully saturated rings. The molecule has 0 unspecified atom stereocenters. The highest BCUT2D eigenvalue weighted by molar-refractivity contribution is 5.44. The van der Waals surface area contributed by atoms with Crippen LogP contribution in [0.4, 0.5) is 14.5 Å². The summed E-state index contributed by atoms with van der Waals surface area (Å²) in [5.41, 5.74) is 0.345. The third kappa shape index (κ3) is 3.40. The van der Waals surface area contributed by atoms with Gasteiger partial charge >= 0.3 is 0 Å². The van der Waals surface area contributed by atoms with Gasteiger partial charge in [0, 0.05) is 12.6 Å². The lowest BCUT2D eigenvalue weighted by molar-refractivity contribution is 0.111. The van der Waals surface area contributed by atoms with Crippen LogP contribution in [0.3, 0.4) is 0 Å². The molecule has 0 atom stereocenters. The van der Waals surface area contributed by atoms with Crippen LogP contribution in [-0.4, -0.2) is 17.8 Å². The molecule has 1 aromatic carbocycles. The van der Waals surface area contributed by atoms with Crippen LogP contribution in [0.2, 0.25) is 0 Å². The normalized spacial score (nSPS) is 24.6. The van der Waals surface area contributed by atoms with Crippen LogP contribution in [0.15, 0.2) is 18.2 Å². The number of nitrogens with one attached hydrogen (secondary N) is 1. The van der Waals surface area contributed by atoms with Crippen LogP contribution < -0.4 is 5.32 Å². The second kappa shape index (κ2) is 5.45. The van der Waals surface area contributed by atoms with E-state index in [1.807, 2.05) is 0 Å². The van der Waals surface area contributed by atoms with Gasteiger partial charge in [-0.25, -0.2) is 8.78 Å². The standard InChI is InChI=1S/C13H17F2NO/c14-10-3-6-13(12(15)7-10)16-8-9-1-4-11(17)5-2-9/h3,6-7,9,11,16-17H,1-2,4-5,8H2. The molecule has 0 aromatic heterocycles. The van der Waals surface area contributed by atoms with Crippen molar-refractivity contribution in [2.75, 3.05) is 11.9 Å². The minimum absolute atomic E-state index is 0.172. The summed E-state index contributed by atoms with van der Waals surface area (Å²) >= 11 is 0. The van der Waals surface area contributed by atoms with E-state index in [9.17, 15) is 13.9 Å². The van der Waals surface area contributed by atoms with Crippen LogP contribution in [0.5, 0.6) is 0 Å². The lowest BCUT2D eigenvalue weighted by Gasteiger charge is -2.25. The fourth-order valence-corrected chi connectivity index (χ4v) is 2.24. The lowest BCUT2D eigenvalue weighted by atomic mass is 9.87. The minimum Gasteiger partial charge on any atom is -0.393 e. The molecule has 4 heteroatoms. The summed E-state index contributed by atoms with van der Waals surface area (Å²) in [6, 6.07) is 3.55. The minimum atomic E-state index is -0.561. The van der Waals surface area contributed by atoms with Gasteiger partial charge in [-0.2, -0.15) is 0 Å². The number of rotatable bonds is 3. The fraction of sp³-hybridized carbons (Fsp3) is 0.538. The Morgan fingerprint density at radius 1 is 1.18 bits per heavy atom. The largest absolute Gasteiger partial charge is 0.393 e. The average Bonchev–Trinajstić information content (AvgIpc) is 2.30. The molecule has 1 saturated carbocycles. The van der Waals surface area contributed by atoms with Gasteiger partial charge in [0.05, 0.1) is 11.8 Å². The van der Waals surface area contributed by atoms with E-state index in [1.165, 1.54) is 12.1 Å². The van der Waals surface area contributed by atoms with Gasteiger partial charge in [-0.05, 0) is 43.7 Å². The fourth-order valence-electron chi connectivity index (χ4n) is 2.24. The SMILES string of the molecule is OC1CCC(CNc2ccc(F)cc2F)CC1. The number of hydrogen-bond donors (Lipinski definition) is 2. The molecule has 0 amide bonds. The van der Waals surface area contributed by atoms with Crippen molar-refractivity contribution in [3.05, 3.63) is 29.8 Å². The predicted octanol–water partition coefficient (Wildman–Crippen LogP) is 2.93. The maximum atomic E-state index is 13.3. The molecule has 0 spiro atoms. The molecule has 1 aromatic rings. The summed E-state index contributed by atoms with van der Waals surface area (Å²) in [5.74, 6) is -0.655. The quantitative estimate of drug-likeness (QED) is 0.852. The van der Waals surface area contributed by atoms with Crippen LogP contribution in [0.1, 0.15) is 25.7 Å². The zero-order valence-corrected chi connectivity index (χ0v) is 9.63. The Balaban J connectivity index is 1.85. The molecule has 0 bridgehead atoms. The number of benzene rings is 1. The van der Waals surface area contributed by atoms with E-state index >= 15 is 0 Å². The number of hydrogen-bond acceptors (Lipinski definition) is 2. The Bertz CT molecular complexity index is 376. The molecule has 1 aliphatic carbocycles. The van der Waals surface area contributed by atoms with Crippen LogP contribution in [0.25, 0.3) is 0 Å². The van der Waals surface area contributed by atoms with Crippen molar-refractivity contribution in [2.24, 2.45) is 5.92 Å². The summed E-state index contributed by atoms with van der Waals surface area (Å²) in [6.07, 6.45) is 3.37. The first-order valence-electron chi connectivity index (χ1n) is 6.02. The second-order valence-electron chi connectivity index (χ2n) is 4.68. The van der Waals surface area contributed by atoms with Crippen molar-refractivity contribution in [1.82, 2.24) is 0 Å². The smallest absolute Gasteiger partial charge is 0.149 e. The van der Waals surface area contributed by atoms with Crippen molar-refractivity contribution < 1.29 is 13.9 Å². The number of aliphatic hydroxyl groups is 1. The Hall–Kier alpha value is -1.16. The maximum absolute atomic E-state index is 13.3. The van der Waals surface area contributed by atoms with E-state index in [0.717, 1.165) is 31.7 Å². The highest BCUT2D eigenvalue weighted by Gasteiger charge is 2.19. The summed E-state index contributed by atoms with van der Waals surface area (Å²) in [5, 5.41) is 12.4. The summed E-state index contributed by atoms with van der Waals surface area (Å²) in [4.78, 5) is 0. The van der Waals surface area contributed by atoms with Gasteiger partial charge < -0.3 is 10.4 Å². The third-order valence-electron chi connectivity index (χ3n) is 3.33. The Morgan fingerprint density at radius 3 is 2.53 bits per heavy atom. The van der Waals surface area contributed by atoms with E-state index in [1.54, 1.807) is 0 Å². The zero-order chi connectivity index (χ0) is 12.3. The van der Waals surface area contributed by atoms with E-state index in [4.69, 9.17) is 0 Å². The molecular weight excluding hydrogens is 224 g/mol. The molecule has 0 aliphatic heterocycles. The van der Waals surface area contributed by atoms with Gasteiger partial charge in [0.2, 0.25) is 0 Å². The molecule has 2 nitrogen and oxygen atoms in total. The van der Waals surface area contributed by atoms with Crippen molar-refractivity contribution in [1.29, 1.82) is 0 Å². The topological polar surface area (TPSA) is 32.3 Å². The van der Waals surface area contributed by atoms with Gasteiger partial charge in [-0.3, -0.25) is 0 Å². The first-order chi connectivity index (χ1) is 8.15. The summed E-state index contributed by atoms with van der Waals surface area (Å²) in [7, 11) is 0. The van der Waals surface area contributed by atoms with E-state index < -0.39 is 11.6 Å². The van der Waals surface area contributed by atoms with E-state index in [-0.39, 0.29) is 6.10 Å². The zero-order valence-electron chi connectivity index (χ0n) is 9.63. The Kier molecular flexibility index (Phi) is 3.94. The third-order valence-corrected chi connectivity index (χ3v) is 3.33. The average molecular weight is 241 g/mol. The monoisotopic (exact) mass is 241 g/mol. The molecule has 0 saturated heterocycles. The molecule has 2 N–H and O–H groups in total. The van der Waals surface area contributed by atoms with Crippen molar-refractivity contribution in [3.8, 4) is 0 Å². The molecule has 17 heavy (non-hydrogen) atoms. The molecule has 0 radical (unpaired) electrons. The molecule has 2 rings (SSSR count). The Morgan fingerprint density at radius 2 is 1.88 bits per heavy atom. The molecule has 94 valence electrons. The lowest BCUT2D eigenvalue weighted by Crippen LogP contribution is -2.23.